The van der Waals surface area contributed by atoms with Gasteiger partial charge >= 0.3 is 0 Å². The summed E-state index contributed by atoms with van der Waals surface area (Å²) in [6.45, 7) is 0.794. The summed E-state index contributed by atoms with van der Waals surface area (Å²) in [5.74, 6) is 1.87. The van der Waals surface area contributed by atoms with E-state index < -0.39 is 0 Å². The SMILES string of the molecule is C1=CCNC(n2c3ccccc3c3cc4c(nc32)c2ncccc2n4-c2ccccn2)=C1. The molecule has 0 atom stereocenters. The van der Waals surface area contributed by atoms with Crippen molar-refractivity contribution in [2.45, 2.75) is 0 Å². The van der Waals surface area contributed by atoms with E-state index in [9.17, 15) is 0 Å². The molecule has 7 rings (SSSR count). The zero-order chi connectivity index (χ0) is 21.1. The summed E-state index contributed by atoms with van der Waals surface area (Å²) in [5.41, 5.74) is 5.78. The highest BCUT2D eigenvalue weighted by molar-refractivity contribution is 6.15. The summed E-state index contributed by atoms with van der Waals surface area (Å²) in [4.78, 5) is 14.5. The number of pyridine rings is 3. The van der Waals surface area contributed by atoms with Crippen molar-refractivity contribution >= 4 is 49.8 Å². The van der Waals surface area contributed by atoms with Gasteiger partial charge in [0.1, 0.15) is 28.3 Å². The number of nitrogens with one attached hydrogen (secondary N) is 1. The fourth-order valence-corrected chi connectivity index (χ4v) is 4.69. The van der Waals surface area contributed by atoms with Crippen LogP contribution in [0.5, 0.6) is 0 Å². The second kappa shape index (κ2) is 6.52. The molecule has 0 fully saturated rings. The normalized spacial score (nSPS) is 13.8. The molecule has 6 nitrogen and oxygen atoms in total. The number of nitrogens with zero attached hydrogens (tertiary/aromatic N) is 5. The molecule has 32 heavy (non-hydrogen) atoms. The van der Waals surface area contributed by atoms with E-state index >= 15 is 0 Å². The third-order valence-electron chi connectivity index (χ3n) is 6.03. The number of benzene rings is 1. The van der Waals surface area contributed by atoms with E-state index in [1.807, 2.05) is 36.7 Å². The van der Waals surface area contributed by atoms with E-state index in [-0.39, 0.29) is 0 Å². The molecule has 1 N–H and O–H groups in total. The average Bonchev–Trinajstić information content (AvgIpc) is 3.36. The molecule has 0 unspecified atom stereocenters. The first-order valence-corrected chi connectivity index (χ1v) is 10.6. The van der Waals surface area contributed by atoms with Crippen LogP contribution in [0.3, 0.4) is 0 Å². The third kappa shape index (κ3) is 2.32. The van der Waals surface area contributed by atoms with Gasteiger partial charge in [-0.1, -0.05) is 36.4 Å². The predicted molar refractivity (Wildman–Crippen MR) is 129 cm³/mol. The van der Waals surface area contributed by atoms with Gasteiger partial charge in [0.25, 0.3) is 0 Å². The van der Waals surface area contributed by atoms with Gasteiger partial charge in [-0.05, 0) is 42.5 Å². The highest BCUT2D eigenvalue weighted by Gasteiger charge is 2.21. The molecule has 0 amide bonds. The molecule has 1 aliphatic heterocycles. The zero-order valence-corrected chi connectivity index (χ0v) is 17.1. The standard InChI is InChI=1S/C26H18N6/c1-2-9-19-17(8-1)18-16-21-25(30-26(18)32(19)23-12-4-6-14-28-23)24-20(10-7-15-29-24)31(21)22-11-3-5-13-27-22/h1-13,15-16,28H,14H2. The van der Waals surface area contributed by atoms with Crippen LogP contribution in [-0.2, 0) is 0 Å². The molecule has 0 aliphatic carbocycles. The lowest BCUT2D eigenvalue weighted by atomic mass is 10.2. The van der Waals surface area contributed by atoms with Crippen molar-refractivity contribution in [3.05, 3.63) is 91.3 Å². The number of para-hydroxylation sites is 1. The second-order valence-electron chi connectivity index (χ2n) is 7.84. The van der Waals surface area contributed by atoms with Gasteiger partial charge < -0.3 is 5.32 Å². The molecule has 6 aromatic rings. The van der Waals surface area contributed by atoms with Crippen LogP contribution in [0.1, 0.15) is 0 Å². The van der Waals surface area contributed by atoms with Crippen molar-refractivity contribution in [2.24, 2.45) is 0 Å². The maximum Gasteiger partial charge on any atom is 0.147 e. The van der Waals surface area contributed by atoms with Crippen LogP contribution in [0.15, 0.2) is 91.3 Å². The van der Waals surface area contributed by atoms with Crippen LogP contribution >= 0.6 is 0 Å². The average molecular weight is 414 g/mol. The number of allylic oxidation sites excluding steroid dienone is 2. The summed E-state index contributed by atoms with van der Waals surface area (Å²) >= 11 is 0. The molecule has 1 aromatic carbocycles. The Morgan fingerprint density at radius 1 is 0.750 bits per heavy atom. The molecule has 5 aromatic heterocycles. The minimum Gasteiger partial charge on any atom is -0.368 e. The smallest absolute Gasteiger partial charge is 0.147 e. The summed E-state index contributed by atoms with van der Waals surface area (Å²) in [6.07, 6.45) is 9.92. The molecule has 0 spiro atoms. The summed E-state index contributed by atoms with van der Waals surface area (Å²) < 4.78 is 4.36. The van der Waals surface area contributed by atoms with Gasteiger partial charge in [-0.3, -0.25) is 14.1 Å². The first-order chi connectivity index (χ1) is 15.9. The fourth-order valence-electron chi connectivity index (χ4n) is 4.69. The van der Waals surface area contributed by atoms with E-state index in [0.29, 0.717) is 0 Å². The lowest BCUT2D eigenvalue weighted by Crippen LogP contribution is -2.19. The molecule has 0 saturated heterocycles. The van der Waals surface area contributed by atoms with Gasteiger partial charge in [0.05, 0.1) is 16.6 Å². The van der Waals surface area contributed by atoms with Crippen LogP contribution in [0, 0.1) is 0 Å². The Kier molecular flexibility index (Phi) is 3.52. The third-order valence-corrected chi connectivity index (χ3v) is 6.03. The molecule has 1 aliphatic rings. The molecule has 0 radical (unpaired) electrons. The Morgan fingerprint density at radius 2 is 1.62 bits per heavy atom. The van der Waals surface area contributed by atoms with E-state index in [1.165, 1.54) is 5.39 Å². The van der Waals surface area contributed by atoms with Crippen molar-refractivity contribution in [1.29, 1.82) is 0 Å². The van der Waals surface area contributed by atoms with Gasteiger partial charge in [-0.2, -0.15) is 0 Å². The Hall–Kier alpha value is -4.45. The molecule has 0 saturated carbocycles. The van der Waals surface area contributed by atoms with Crippen molar-refractivity contribution < 1.29 is 0 Å². The number of aromatic nitrogens is 5. The van der Waals surface area contributed by atoms with Gasteiger partial charge in [-0.25, -0.2) is 9.97 Å². The Bertz CT molecular complexity index is 1720. The molecule has 152 valence electrons. The van der Waals surface area contributed by atoms with Crippen molar-refractivity contribution in [3.8, 4) is 5.82 Å². The van der Waals surface area contributed by atoms with Gasteiger partial charge in [-0.15, -0.1) is 0 Å². The van der Waals surface area contributed by atoms with Crippen molar-refractivity contribution in [3.63, 3.8) is 0 Å². The molecule has 6 heteroatoms. The number of dihydropyridines is 1. The van der Waals surface area contributed by atoms with Crippen molar-refractivity contribution in [1.82, 2.24) is 29.4 Å². The van der Waals surface area contributed by atoms with Gasteiger partial charge in [0.15, 0.2) is 0 Å². The number of rotatable bonds is 2. The lowest BCUT2D eigenvalue weighted by molar-refractivity contribution is 0.917. The highest BCUT2D eigenvalue weighted by atomic mass is 15.2. The summed E-state index contributed by atoms with van der Waals surface area (Å²) in [7, 11) is 0. The van der Waals surface area contributed by atoms with Crippen LogP contribution in [0.2, 0.25) is 0 Å². The largest absolute Gasteiger partial charge is 0.368 e. The maximum absolute atomic E-state index is 5.21. The molecular formula is C26H18N6. The highest BCUT2D eigenvalue weighted by Crippen LogP contribution is 2.36. The molecule has 6 heterocycles. The van der Waals surface area contributed by atoms with Crippen LogP contribution in [-0.4, -0.2) is 30.6 Å². The minimum atomic E-state index is 0.794. The maximum atomic E-state index is 5.21. The number of hydrogen-bond acceptors (Lipinski definition) is 4. The Labute approximate surface area is 183 Å². The molecule has 0 bridgehead atoms. The summed E-state index contributed by atoms with van der Waals surface area (Å²) in [6, 6.07) is 20.7. The zero-order valence-electron chi connectivity index (χ0n) is 17.1. The number of fused-ring (bicyclic) bond motifs is 6. The predicted octanol–water partition coefficient (Wildman–Crippen LogP) is 5.03. The van der Waals surface area contributed by atoms with Crippen LogP contribution in [0.25, 0.3) is 55.6 Å². The Morgan fingerprint density at radius 3 is 2.50 bits per heavy atom. The van der Waals surface area contributed by atoms with E-state index in [1.54, 1.807) is 0 Å². The number of hydrogen-bond donors (Lipinski definition) is 1. The lowest BCUT2D eigenvalue weighted by Gasteiger charge is -2.15. The first-order valence-electron chi connectivity index (χ1n) is 10.6. The minimum absolute atomic E-state index is 0.794. The second-order valence-corrected chi connectivity index (χ2v) is 7.84. The van der Waals surface area contributed by atoms with E-state index in [0.717, 1.165) is 56.8 Å². The topological polar surface area (TPSA) is 60.6 Å². The summed E-state index contributed by atoms with van der Waals surface area (Å²) in [5, 5.41) is 5.76. The van der Waals surface area contributed by atoms with Crippen molar-refractivity contribution in [2.75, 3.05) is 6.54 Å². The first kappa shape index (κ1) is 17.3. The van der Waals surface area contributed by atoms with Crippen LogP contribution in [0.4, 0.5) is 0 Å². The van der Waals surface area contributed by atoms with Crippen LogP contribution < -0.4 is 5.32 Å². The van der Waals surface area contributed by atoms with E-state index in [4.69, 9.17) is 9.97 Å². The van der Waals surface area contributed by atoms with Gasteiger partial charge in [0.2, 0.25) is 0 Å². The van der Waals surface area contributed by atoms with E-state index in [2.05, 4.69) is 74.1 Å². The van der Waals surface area contributed by atoms with Gasteiger partial charge in [0, 0.05) is 29.7 Å². The monoisotopic (exact) mass is 414 g/mol. The fraction of sp³-hybridized carbons (Fsp3) is 0.0385. The quantitative estimate of drug-likeness (QED) is 0.432. The Balaban J connectivity index is 1.68. The molecular weight excluding hydrogens is 396 g/mol.